The Morgan fingerprint density at radius 2 is 2.11 bits per heavy atom. The van der Waals surface area contributed by atoms with E-state index in [1.54, 1.807) is 0 Å². The molecule has 0 amide bonds. The van der Waals surface area contributed by atoms with Crippen molar-refractivity contribution in [1.29, 1.82) is 0 Å². The normalized spacial score (nSPS) is 18.0. The molecule has 0 fully saturated rings. The minimum absolute atomic E-state index is 0.398. The van der Waals surface area contributed by atoms with Crippen LogP contribution < -0.4 is 5.73 Å². The molecule has 0 aromatic heterocycles. The molecule has 0 bridgehead atoms. The van der Waals surface area contributed by atoms with E-state index in [0.29, 0.717) is 11.7 Å². The van der Waals surface area contributed by atoms with Crippen molar-refractivity contribution in [2.75, 3.05) is 6.54 Å². The molecule has 0 saturated heterocycles. The predicted molar refractivity (Wildman–Crippen MR) is 77.5 cm³/mol. The number of carbonyl (C=O) groups is 1. The van der Waals surface area contributed by atoms with E-state index in [1.807, 2.05) is 0 Å². The Morgan fingerprint density at radius 3 is 2.83 bits per heavy atom. The predicted octanol–water partition coefficient (Wildman–Crippen LogP) is 3.99. The molecule has 0 aromatic rings. The van der Waals surface area contributed by atoms with Crippen LogP contribution in [0, 0.1) is 5.92 Å². The average molecular weight is 251 g/mol. The molecule has 0 aromatic carbocycles. The van der Waals surface area contributed by atoms with Crippen molar-refractivity contribution >= 4 is 5.78 Å². The molecular formula is C16H29NO. The highest BCUT2D eigenvalue weighted by molar-refractivity contribution is 5.95. The number of hydrogen-bond acceptors (Lipinski definition) is 2. The first-order valence-corrected chi connectivity index (χ1v) is 7.70. The molecule has 2 nitrogen and oxygen atoms in total. The molecule has 18 heavy (non-hydrogen) atoms. The molecule has 2 N–H and O–H groups in total. The van der Waals surface area contributed by atoms with Crippen LogP contribution in [0.5, 0.6) is 0 Å². The van der Waals surface area contributed by atoms with Gasteiger partial charge < -0.3 is 5.73 Å². The van der Waals surface area contributed by atoms with Gasteiger partial charge in [-0.3, -0.25) is 4.79 Å². The summed E-state index contributed by atoms with van der Waals surface area (Å²) >= 11 is 0. The van der Waals surface area contributed by atoms with Crippen LogP contribution in [0.4, 0.5) is 0 Å². The number of carbonyl (C=O) groups excluding carboxylic acids is 1. The van der Waals surface area contributed by atoms with E-state index in [0.717, 1.165) is 44.2 Å². The first kappa shape index (κ1) is 15.4. The van der Waals surface area contributed by atoms with Crippen molar-refractivity contribution in [3.8, 4) is 0 Å². The molecule has 1 atom stereocenters. The Bertz CT molecular complexity index is 264. The van der Waals surface area contributed by atoms with Gasteiger partial charge in [0.2, 0.25) is 0 Å². The molecule has 1 unspecified atom stereocenters. The second-order valence-electron chi connectivity index (χ2n) is 5.52. The van der Waals surface area contributed by atoms with E-state index in [9.17, 15) is 4.79 Å². The van der Waals surface area contributed by atoms with Gasteiger partial charge in [-0.05, 0) is 56.6 Å². The lowest BCUT2D eigenvalue weighted by molar-refractivity contribution is -0.116. The smallest absolute Gasteiger partial charge is 0.158 e. The van der Waals surface area contributed by atoms with Gasteiger partial charge in [-0.25, -0.2) is 0 Å². The van der Waals surface area contributed by atoms with E-state index in [4.69, 9.17) is 5.73 Å². The third-order valence-corrected chi connectivity index (χ3v) is 3.95. The van der Waals surface area contributed by atoms with E-state index < -0.39 is 0 Å². The zero-order valence-corrected chi connectivity index (χ0v) is 11.9. The second kappa shape index (κ2) is 9.32. The zero-order chi connectivity index (χ0) is 13.2. The maximum atomic E-state index is 12.2. The van der Waals surface area contributed by atoms with Gasteiger partial charge in [0.25, 0.3) is 0 Å². The van der Waals surface area contributed by atoms with Crippen LogP contribution in [0.1, 0.15) is 71.1 Å². The Kier molecular flexibility index (Phi) is 7.99. The van der Waals surface area contributed by atoms with Crippen molar-refractivity contribution in [2.45, 2.75) is 71.1 Å². The van der Waals surface area contributed by atoms with Crippen LogP contribution in [0.2, 0.25) is 0 Å². The van der Waals surface area contributed by atoms with Gasteiger partial charge in [0.15, 0.2) is 5.78 Å². The summed E-state index contributed by atoms with van der Waals surface area (Å²) < 4.78 is 0. The molecule has 0 heterocycles. The van der Waals surface area contributed by atoms with Crippen LogP contribution in [0.15, 0.2) is 11.6 Å². The third kappa shape index (κ3) is 5.81. The molecule has 2 heteroatoms. The number of hydrogen-bond donors (Lipinski definition) is 1. The summed E-state index contributed by atoms with van der Waals surface area (Å²) in [7, 11) is 0. The molecule has 1 aliphatic carbocycles. The molecule has 0 spiro atoms. The number of allylic oxidation sites excluding steroid dienone is 2. The quantitative estimate of drug-likeness (QED) is 0.708. The number of ketones is 1. The fraction of sp³-hybridized carbons (Fsp3) is 0.812. The summed E-state index contributed by atoms with van der Waals surface area (Å²) in [5.41, 5.74) is 6.74. The fourth-order valence-corrected chi connectivity index (χ4v) is 2.84. The lowest BCUT2D eigenvalue weighted by atomic mass is 9.91. The molecular weight excluding hydrogens is 222 g/mol. The first-order valence-electron chi connectivity index (χ1n) is 7.70. The summed E-state index contributed by atoms with van der Waals surface area (Å²) in [6.07, 6.45) is 13.3. The molecule has 104 valence electrons. The van der Waals surface area contributed by atoms with Gasteiger partial charge in [0.1, 0.15) is 0 Å². The van der Waals surface area contributed by atoms with Crippen molar-refractivity contribution in [1.82, 2.24) is 0 Å². The minimum Gasteiger partial charge on any atom is -0.330 e. The Labute approximate surface area is 112 Å². The SMILES string of the molecule is CCCC(CCN)CCC(=O)C1=CCCCCC1. The van der Waals surface area contributed by atoms with Gasteiger partial charge in [-0.2, -0.15) is 0 Å². The number of Topliss-reactive ketones (excluding diaryl/α,β-unsaturated/α-hetero) is 1. The zero-order valence-electron chi connectivity index (χ0n) is 11.9. The monoisotopic (exact) mass is 251 g/mol. The van der Waals surface area contributed by atoms with Gasteiger partial charge in [-0.15, -0.1) is 0 Å². The highest BCUT2D eigenvalue weighted by Crippen LogP contribution is 2.22. The second-order valence-corrected chi connectivity index (χ2v) is 5.52. The van der Waals surface area contributed by atoms with E-state index in [-0.39, 0.29) is 0 Å². The van der Waals surface area contributed by atoms with Crippen molar-refractivity contribution in [2.24, 2.45) is 11.7 Å². The van der Waals surface area contributed by atoms with Gasteiger partial charge in [0, 0.05) is 6.42 Å². The summed E-state index contributed by atoms with van der Waals surface area (Å²) in [5, 5.41) is 0. The summed E-state index contributed by atoms with van der Waals surface area (Å²) in [6, 6.07) is 0. The van der Waals surface area contributed by atoms with Crippen molar-refractivity contribution in [3.05, 3.63) is 11.6 Å². The van der Waals surface area contributed by atoms with Crippen LogP contribution >= 0.6 is 0 Å². The molecule has 1 rings (SSSR count). The average Bonchev–Trinajstić information content (AvgIpc) is 2.65. The lowest BCUT2D eigenvalue weighted by Gasteiger charge is -2.14. The van der Waals surface area contributed by atoms with Crippen LogP contribution in [-0.4, -0.2) is 12.3 Å². The fourth-order valence-electron chi connectivity index (χ4n) is 2.84. The standard InChI is InChI=1S/C16H29NO/c1-2-7-14(12-13-17)10-11-16(18)15-8-5-3-4-6-9-15/h8,14H,2-7,9-13,17H2,1H3. The molecule has 0 saturated carbocycles. The number of rotatable bonds is 8. The van der Waals surface area contributed by atoms with Gasteiger partial charge in [0.05, 0.1) is 0 Å². The Morgan fingerprint density at radius 1 is 1.28 bits per heavy atom. The molecule has 0 radical (unpaired) electrons. The first-order chi connectivity index (χ1) is 8.77. The van der Waals surface area contributed by atoms with Crippen LogP contribution in [0.25, 0.3) is 0 Å². The summed E-state index contributed by atoms with van der Waals surface area (Å²) in [5.74, 6) is 1.05. The van der Waals surface area contributed by atoms with Gasteiger partial charge >= 0.3 is 0 Å². The van der Waals surface area contributed by atoms with Crippen molar-refractivity contribution < 1.29 is 4.79 Å². The highest BCUT2D eigenvalue weighted by Gasteiger charge is 2.14. The lowest BCUT2D eigenvalue weighted by Crippen LogP contribution is -2.11. The maximum absolute atomic E-state index is 12.2. The largest absolute Gasteiger partial charge is 0.330 e. The highest BCUT2D eigenvalue weighted by atomic mass is 16.1. The third-order valence-electron chi connectivity index (χ3n) is 3.95. The minimum atomic E-state index is 0.398. The van der Waals surface area contributed by atoms with E-state index in [1.165, 1.54) is 32.1 Å². The van der Waals surface area contributed by atoms with E-state index >= 15 is 0 Å². The Balaban J connectivity index is 2.35. The molecule has 1 aliphatic rings. The van der Waals surface area contributed by atoms with Crippen LogP contribution in [0.3, 0.4) is 0 Å². The topological polar surface area (TPSA) is 43.1 Å². The van der Waals surface area contributed by atoms with Crippen LogP contribution in [-0.2, 0) is 4.79 Å². The van der Waals surface area contributed by atoms with E-state index in [2.05, 4.69) is 13.0 Å². The Hall–Kier alpha value is -0.630. The maximum Gasteiger partial charge on any atom is 0.158 e. The summed E-state index contributed by atoms with van der Waals surface area (Å²) in [6.45, 7) is 2.96. The van der Waals surface area contributed by atoms with Crippen molar-refractivity contribution in [3.63, 3.8) is 0 Å². The number of nitrogens with two attached hydrogens (primary N) is 1. The van der Waals surface area contributed by atoms with Gasteiger partial charge in [-0.1, -0.05) is 32.3 Å². The summed E-state index contributed by atoms with van der Waals surface area (Å²) in [4.78, 5) is 12.2. The molecule has 0 aliphatic heterocycles.